The number of carbonyl (C=O) groups excluding carboxylic acids is 1. The first-order valence-corrected chi connectivity index (χ1v) is 7.58. The van der Waals surface area contributed by atoms with E-state index < -0.39 is 0 Å². The van der Waals surface area contributed by atoms with Crippen molar-refractivity contribution in [2.75, 3.05) is 0 Å². The van der Waals surface area contributed by atoms with Gasteiger partial charge in [-0.2, -0.15) is 0 Å². The van der Waals surface area contributed by atoms with Gasteiger partial charge in [-0.25, -0.2) is 0 Å². The molecule has 0 spiro atoms. The number of nitrogens with one attached hydrogen (secondary N) is 2. The SMILES string of the molecule is C[C@@H]1CCCC[C@H]1NC(=O)Cc1c[nH]c2ccccc12. The first kappa shape index (κ1) is 13.2. The van der Waals surface area contributed by atoms with E-state index in [1.807, 2.05) is 24.4 Å². The number of aromatic amines is 1. The van der Waals surface area contributed by atoms with Crippen molar-refractivity contribution in [3.05, 3.63) is 36.0 Å². The third kappa shape index (κ3) is 2.72. The van der Waals surface area contributed by atoms with Crippen molar-refractivity contribution in [3.8, 4) is 0 Å². The van der Waals surface area contributed by atoms with E-state index in [0.717, 1.165) is 22.9 Å². The Kier molecular flexibility index (Phi) is 3.77. The zero-order valence-electron chi connectivity index (χ0n) is 12.0. The van der Waals surface area contributed by atoms with E-state index in [9.17, 15) is 4.79 Å². The van der Waals surface area contributed by atoms with Crippen LogP contribution in [-0.2, 0) is 11.2 Å². The number of amides is 1. The minimum atomic E-state index is 0.147. The van der Waals surface area contributed by atoms with E-state index in [4.69, 9.17) is 0 Å². The van der Waals surface area contributed by atoms with Crippen LogP contribution >= 0.6 is 0 Å². The van der Waals surface area contributed by atoms with Gasteiger partial charge < -0.3 is 10.3 Å². The predicted molar refractivity (Wildman–Crippen MR) is 81.6 cm³/mol. The number of H-pyrrole nitrogens is 1. The number of carbonyl (C=O) groups is 1. The molecule has 3 rings (SSSR count). The lowest BCUT2D eigenvalue weighted by Crippen LogP contribution is -2.41. The third-order valence-corrected chi connectivity index (χ3v) is 4.48. The lowest BCUT2D eigenvalue weighted by molar-refractivity contribution is -0.121. The minimum absolute atomic E-state index is 0.147. The van der Waals surface area contributed by atoms with E-state index >= 15 is 0 Å². The van der Waals surface area contributed by atoms with Crippen LogP contribution in [0.15, 0.2) is 30.5 Å². The maximum absolute atomic E-state index is 12.2. The Balaban J connectivity index is 1.66. The quantitative estimate of drug-likeness (QED) is 0.882. The molecule has 20 heavy (non-hydrogen) atoms. The second kappa shape index (κ2) is 5.70. The summed E-state index contributed by atoms with van der Waals surface area (Å²) in [7, 11) is 0. The van der Waals surface area contributed by atoms with Crippen LogP contribution in [-0.4, -0.2) is 16.9 Å². The summed E-state index contributed by atoms with van der Waals surface area (Å²) in [6.07, 6.45) is 7.32. The van der Waals surface area contributed by atoms with Gasteiger partial charge in [0.2, 0.25) is 5.91 Å². The van der Waals surface area contributed by atoms with Crippen LogP contribution in [0, 0.1) is 5.92 Å². The Bertz CT molecular complexity index is 602. The maximum Gasteiger partial charge on any atom is 0.224 e. The molecule has 3 heteroatoms. The molecular formula is C17H22N2O. The molecule has 1 saturated carbocycles. The first-order chi connectivity index (χ1) is 9.74. The second-order valence-corrected chi connectivity index (χ2v) is 5.97. The van der Waals surface area contributed by atoms with E-state index in [1.54, 1.807) is 0 Å². The number of para-hydroxylation sites is 1. The largest absolute Gasteiger partial charge is 0.361 e. The zero-order chi connectivity index (χ0) is 13.9. The van der Waals surface area contributed by atoms with Gasteiger partial charge in [-0.15, -0.1) is 0 Å². The van der Waals surface area contributed by atoms with Crippen molar-refractivity contribution < 1.29 is 4.79 Å². The minimum Gasteiger partial charge on any atom is -0.361 e. The molecule has 1 aromatic heterocycles. The van der Waals surface area contributed by atoms with Crippen LogP contribution in [0.3, 0.4) is 0 Å². The monoisotopic (exact) mass is 270 g/mol. The normalized spacial score (nSPS) is 22.9. The number of hydrogen-bond donors (Lipinski definition) is 2. The fraction of sp³-hybridized carbons (Fsp3) is 0.471. The number of hydrogen-bond acceptors (Lipinski definition) is 1. The average Bonchev–Trinajstić information content (AvgIpc) is 2.85. The van der Waals surface area contributed by atoms with Crippen molar-refractivity contribution in [1.29, 1.82) is 0 Å². The third-order valence-electron chi connectivity index (χ3n) is 4.48. The van der Waals surface area contributed by atoms with Crippen molar-refractivity contribution in [3.63, 3.8) is 0 Å². The van der Waals surface area contributed by atoms with Gasteiger partial charge in [0.25, 0.3) is 0 Å². The Morgan fingerprint density at radius 2 is 2.10 bits per heavy atom. The molecule has 1 heterocycles. The van der Waals surface area contributed by atoms with Gasteiger partial charge in [-0.1, -0.05) is 38.0 Å². The zero-order valence-corrected chi connectivity index (χ0v) is 12.0. The first-order valence-electron chi connectivity index (χ1n) is 7.58. The summed E-state index contributed by atoms with van der Waals surface area (Å²) < 4.78 is 0. The second-order valence-electron chi connectivity index (χ2n) is 5.97. The summed E-state index contributed by atoms with van der Waals surface area (Å²) in [6, 6.07) is 8.49. The van der Waals surface area contributed by atoms with Crippen molar-refractivity contribution in [2.24, 2.45) is 5.92 Å². The highest BCUT2D eigenvalue weighted by molar-refractivity contribution is 5.88. The molecule has 0 saturated heterocycles. The highest BCUT2D eigenvalue weighted by atomic mass is 16.1. The molecule has 1 aromatic carbocycles. The van der Waals surface area contributed by atoms with Gasteiger partial charge >= 0.3 is 0 Å². The average molecular weight is 270 g/mol. The lowest BCUT2D eigenvalue weighted by atomic mass is 9.86. The summed E-state index contributed by atoms with van der Waals surface area (Å²) in [4.78, 5) is 15.5. The molecule has 106 valence electrons. The van der Waals surface area contributed by atoms with E-state index in [2.05, 4.69) is 23.3 Å². The van der Waals surface area contributed by atoms with Gasteiger partial charge in [-0.3, -0.25) is 4.79 Å². The Morgan fingerprint density at radius 1 is 1.30 bits per heavy atom. The van der Waals surface area contributed by atoms with Gasteiger partial charge in [-0.05, 0) is 30.4 Å². The molecule has 1 aliphatic rings. The fourth-order valence-corrected chi connectivity index (χ4v) is 3.24. The molecule has 0 radical (unpaired) electrons. The summed E-state index contributed by atoms with van der Waals surface area (Å²) in [6.45, 7) is 2.25. The van der Waals surface area contributed by atoms with Crippen LogP contribution in [0.25, 0.3) is 10.9 Å². The van der Waals surface area contributed by atoms with E-state index in [-0.39, 0.29) is 5.91 Å². The molecule has 2 atom stereocenters. The van der Waals surface area contributed by atoms with Crippen LogP contribution in [0.5, 0.6) is 0 Å². The summed E-state index contributed by atoms with van der Waals surface area (Å²) in [5.74, 6) is 0.754. The van der Waals surface area contributed by atoms with Gasteiger partial charge in [0.15, 0.2) is 0 Å². The Morgan fingerprint density at radius 3 is 2.95 bits per heavy atom. The summed E-state index contributed by atoms with van der Waals surface area (Å²) in [5, 5.41) is 4.37. The lowest BCUT2D eigenvalue weighted by Gasteiger charge is -2.29. The maximum atomic E-state index is 12.2. The number of aromatic nitrogens is 1. The summed E-state index contributed by atoms with van der Waals surface area (Å²) in [5.41, 5.74) is 2.18. The van der Waals surface area contributed by atoms with Crippen LogP contribution in [0.1, 0.15) is 38.2 Å². The molecule has 2 aromatic rings. The van der Waals surface area contributed by atoms with Gasteiger partial charge in [0.1, 0.15) is 0 Å². The summed E-state index contributed by atoms with van der Waals surface area (Å²) >= 11 is 0. The molecule has 1 aliphatic carbocycles. The predicted octanol–water partition coefficient (Wildman–Crippen LogP) is 3.41. The van der Waals surface area contributed by atoms with Gasteiger partial charge in [0.05, 0.1) is 6.42 Å². The fourth-order valence-electron chi connectivity index (χ4n) is 3.24. The number of rotatable bonds is 3. The van der Waals surface area contributed by atoms with Crippen LogP contribution < -0.4 is 5.32 Å². The van der Waals surface area contributed by atoms with Crippen LogP contribution in [0.2, 0.25) is 0 Å². The molecular weight excluding hydrogens is 248 g/mol. The highest BCUT2D eigenvalue weighted by Gasteiger charge is 2.22. The molecule has 3 nitrogen and oxygen atoms in total. The highest BCUT2D eigenvalue weighted by Crippen LogP contribution is 2.24. The molecule has 0 unspecified atom stereocenters. The van der Waals surface area contributed by atoms with Gasteiger partial charge in [0, 0.05) is 23.1 Å². The molecule has 2 N–H and O–H groups in total. The van der Waals surface area contributed by atoms with Crippen molar-refractivity contribution >= 4 is 16.8 Å². The topological polar surface area (TPSA) is 44.9 Å². The van der Waals surface area contributed by atoms with Crippen molar-refractivity contribution in [2.45, 2.75) is 45.1 Å². The molecule has 0 bridgehead atoms. The molecule has 1 fully saturated rings. The van der Waals surface area contributed by atoms with E-state index in [0.29, 0.717) is 18.4 Å². The molecule has 0 aliphatic heterocycles. The number of fused-ring (bicyclic) bond motifs is 1. The van der Waals surface area contributed by atoms with E-state index in [1.165, 1.54) is 19.3 Å². The smallest absolute Gasteiger partial charge is 0.224 e. The molecule has 1 amide bonds. The van der Waals surface area contributed by atoms with Crippen molar-refractivity contribution in [1.82, 2.24) is 10.3 Å². The Hall–Kier alpha value is -1.77. The standard InChI is InChI=1S/C17H22N2O/c1-12-6-2-4-8-15(12)19-17(20)10-13-11-18-16-9-5-3-7-14(13)16/h3,5,7,9,11-12,15,18H,2,4,6,8,10H2,1H3,(H,19,20)/t12-,15-/m1/s1. The van der Waals surface area contributed by atoms with Crippen LogP contribution in [0.4, 0.5) is 0 Å². The Labute approximate surface area is 119 Å². The number of benzene rings is 1.